The van der Waals surface area contributed by atoms with Crippen LogP contribution in [0.5, 0.6) is 0 Å². The van der Waals surface area contributed by atoms with Crippen molar-refractivity contribution in [1.29, 1.82) is 0 Å². The van der Waals surface area contributed by atoms with Crippen LogP contribution in [0, 0.1) is 5.92 Å². The number of hydrogen-bond acceptors (Lipinski definition) is 4. The van der Waals surface area contributed by atoms with Gasteiger partial charge in [0.25, 0.3) is 0 Å². The molecule has 0 fully saturated rings. The second-order valence-corrected chi connectivity index (χ2v) is 2.83. The lowest BCUT2D eigenvalue weighted by Crippen LogP contribution is -2.47. The van der Waals surface area contributed by atoms with Crippen LogP contribution in [0.3, 0.4) is 0 Å². The molecule has 0 rings (SSSR count). The highest BCUT2D eigenvalue weighted by Crippen LogP contribution is 2.11. The molecule has 0 spiro atoms. The summed E-state index contributed by atoms with van der Waals surface area (Å²) in [4.78, 5) is 0. The molecule has 0 amide bonds. The molecule has 11 heavy (non-hydrogen) atoms. The van der Waals surface area contributed by atoms with E-state index in [9.17, 15) is 5.11 Å². The van der Waals surface area contributed by atoms with Crippen LogP contribution in [-0.4, -0.2) is 38.3 Å². The van der Waals surface area contributed by atoms with Gasteiger partial charge in [0.05, 0.1) is 13.2 Å². The van der Waals surface area contributed by atoms with Gasteiger partial charge in [0.1, 0.15) is 5.72 Å². The van der Waals surface area contributed by atoms with Crippen molar-refractivity contribution in [2.45, 2.75) is 12.6 Å². The second kappa shape index (κ2) is 4.66. The summed E-state index contributed by atoms with van der Waals surface area (Å²) in [6.07, 6.45) is 0. The lowest BCUT2D eigenvalue weighted by atomic mass is 10.0. The van der Waals surface area contributed by atoms with Crippen LogP contribution in [-0.2, 0) is 9.47 Å². The van der Waals surface area contributed by atoms with E-state index in [1.807, 2.05) is 0 Å². The van der Waals surface area contributed by atoms with Crippen LogP contribution < -0.4 is 5.73 Å². The summed E-state index contributed by atoms with van der Waals surface area (Å²) in [5.74, 6) is -0.183. The molecule has 0 bridgehead atoms. The van der Waals surface area contributed by atoms with Crippen molar-refractivity contribution < 1.29 is 14.6 Å². The number of nitrogens with two attached hydrogens (primary N) is 1. The van der Waals surface area contributed by atoms with Gasteiger partial charge in [0.15, 0.2) is 0 Å². The Kier molecular flexibility index (Phi) is 4.60. The van der Waals surface area contributed by atoms with Crippen molar-refractivity contribution in [3.05, 3.63) is 0 Å². The van der Waals surface area contributed by atoms with Crippen LogP contribution >= 0.6 is 0 Å². The zero-order valence-electron chi connectivity index (χ0n) is 7.33. The van der Waals surface area contributed by atoms with Gasteiger partial charge in [-0.3, -0.25) is 0 Å². The first-order valence-corrected chi connectivity index (χ1v) is 3.51. The summed E-state index contributed by atoms with van der Waals surface area (Å²) in [5.41, 5.74) is 4.22. The predicted molar refractivity (Wildman–Crippen MR) is 42.1 cm³/mol. The largest absolute Gasteiger partial charge is 0.384 e. The van der Waals surface area contributed by atoms with Crippen molar-refractivity contribution in [3.63, 3.8) is 0 Å². The quantitative estimate of drug-likeness (QED) is 0.539. The summed E-state index contributed by atoms with van der Waals surface area (Å²) < 4.78 is 9.73. The standard InChI is InChI=1S/C7H17NO3/c1-7(8,9)6(4-10-2)5-11-3/h6,9H,4-5,8H2,1-3H3. The third-order valence-electron chi connectivity index (χ3n) is 1.56. The SMILES string of the molecule is COCC(COC)C(C)(N)O. The highest BCUT2D eigenvalue weighted by molar-refractivity contribution is 4.74. The Morgan fingerprint density at radius 2 is 1.73 bits per heavy atom. The van der Waals surface area contributed by atoms with Crippen LogP contribution in [0.1, 0.15) is 6.92 Å². The lowest BCUT2D eigenvalue weighted by molar-refractivity contribution is -0.0575. The molecular weight excluding hydrogens is 146 g/mol. The van der Waals surface area contributed by atoms with Gasteiger partial charge in [-0.25, -0.2) is 0 Å². The smallest absolute Gasteiger partial charge is 0.118 e. The highest BCUT2D eigenvalue weighted by Gasteiger charge is 2.26. The van der Waals surface area contributed by atoms with Crippen LogP contribution in [0.2, 0.25) is 0 Å². The minimum absolute atomic E-state index is 0.183. The molecule has 1 unspecified atom stereocenters. The Hall–Kier alpha value is -0.160. The molecule has 4 nitrogen and oxygen atoms in total. The Bertz CT molecular complexity index is 94.3. The summed E-state index contributed by atoms with van der Waals surface area (Å²) in [6.45, 7) is 2.34. The molecule has 0 radical (unpaired) electrons. The molecule has 0 heterocycles. The van der Waals surface area contributed by atoms with Gasteiger partial charge in [-0.15, -0.1) is 0 Å². The van der Waals surface area contributed by atoms with E-state index in [0.29, 0.717) is 13.2 Å². The molecule has 3 N–H and O–H groups in total. The van der Waals surface area contributed by atoms with E-state index >= 15 is 0 Å². The summed E-state index contributed by atoms with van der Waals surface area (Å²) in [7, 11) is 3.13. The first-order chi connectivity index (χ1) is 5.02. The fraction of sp³-hybridized carbons (Fsp3) is 1.00. The normalized spacial score (nSPS) is 16.9. The zero-order chi connectivity index (χ0) is 8.91. The van der Waals surface area contributed by atoms with Crippen molar-refractivity contribution in [2.75, 3.05) is 27.4 Å². The predicted octanol–water partition coefficient (Wildman–Crippen LogP) is -0.437. The molecule has 0 aromatic carbocycles. The minimum atomic E-state index is -1.23. The van der Waals surface area contributed by atoms with E-state index < -0.39 is 5.72 Å². The third-order valence-corrected chi connectivity index (χ3v) is 1.56. The third kappa shape index (κ3) is 4.31. The lowest BCUT2D eigenvalue weighted by Gasteiger charge is -2.27. The molecule has 1 atom stereocenters. The van der Waals surface area contributed by atoms with Crippen molar-refractivity contribution in [2.24, 2.45) is 11.7 Å². The average molecular weight is 163 g/mol. The second-order valence-electron chi connectivity index (χ2n) is 2.83. The molecule has 0 saturated carbocycles. The Morgan fingerprint density at radius 1 is 1.36 bits per heavy atom. The maximum absolute atomic E-state index is 9.36. The van der Waals surface area contributed by atoms with E-state index in [1.54, 1.807) is 14.2 Å². The molecule has 4 heteroatoms. The highest BCUT2D eigenvalue weighted by atomic mass is 16.5. The fourth-order valence-electron chi connectivity index (χ4n) is 0.788. The zero-order valence-corrected chi connectivity index (χ0v) is 7.33. The molecule has 0 aromatic heterocycles. The van der Waals surface area contributed by atoms with Gasteiger partial charge in [0, 0.05) is 20.1 Å². The molecule has 0 aliphatic rings. The van der Waals surface area contributed by atoms with Crippen molar-refractivity contribution in [1.82, 2.24) is 0 Å². The topological polar surface area (TPSA) is 64.7 Å². The molecule has 0 aliphatic heterocycles. The minimum Gasteiger partial charge on any atom is -0.384 e. The Morgan fingerprint density at radius 3 is 1.91 bits per heavy atom. The van der Waals surface area contributed by atoms with Gasteiger partial charge in [-0.2, -0.15) is 0 Å². The van der Waals surface area contributed by atoms with Gasteiger partial charge in [-0.05, 0) is 6.92 Å². The molecule has 0 saturated heterocycles. The van der Waals surface area contributed by atoms with Gasteiger partial charge in [0.2, 0.25) is 0 Å². The van der Waals surface area contributed by atoms with Crippen LogP contribution in [0.4, 0.5) is 0 Å². The maximum atomic E-state index is 9.36. The van der Waals surface area contributed by atoms with Crippen molar-refractivity contribution in [3.8, 4) is 0 Å². The fourth-order valence-corrected chi connectivity index (χ4v) is 0.788. The number of hydrogen-bond donors (Lipinski definition) is 2. The first-order valence-electron chi connectivity index (χ1n) is 3.51. The molecule has 68 valence electrons. The number of rotatable bonds is 5. The van der Waals surface area contributed by atoms with Gasteiger partial charge < -0.3 is 20.3 Å². The summed E-state index contributed by atoms with van der Waals surface area (Å²) in [6, 6.07) is 0. The molecule has 0 aromatic rings. The molecular formula is C7H17NO3. The van der Waals surface area contributed by atoms with Gasteiger partial charge >= 0.3 is 0 Å². The Balaban J connectivity index is 3.88. The Labute approximate surface area is 67.3 Å². The van der Waals surface area contributed by atoms with E-state index in [0.717, 1.165) is 0 Å². The summed E-state index contributed by atoms with van der Waals surface area (Å²) in [5, 5.41) is 9.36. The molecule has 0 aliphatic carbocycles. The van der Waals surface area contributed by atoms with E-state index in [2.05, 4.69) is 0 Å². The average Bonchev–Trinajstić information content (AvgIpc) is 1.85. The number of aliphatic hydroxyl groups is 1. The summed E-state index contributed by atoms with van der Waals surface area (Å²) >= 11 is 0. The maximum Gasteiger partial charge on any atom is 0.118 e. The van der Waals surface area contributed by atoms with E-state index in [4.69, 9.17) is 15.2 Å². The van der Waals surface area contributed by atoms with Crippen LogP contribution in [0.15, 0.2) is 0 Å². The number of ether oxygens (including phenoxy) is 2. The van der Waals surface area contributed by atoms with Gasteiger partial charge in [-0.1, -0.05) is 0 Å². The van der Waals surface area contributed by atoms with E-state index in [-0.39, 0.29) is 5.92 Å². The monoisotopic (exact) mass is 163 g/mol. The van der Waals surface area contributed by atoms with Crippen molar-refractivity contribution >= 4 is 0 Å². The van der Waals surface area contributed by atoms with E-state index in [1.165, 1.54) is 6.92 Å². The first kappa shape index (κ1) is 10.8. The van der Waals surface area contributed by atoms with Crippen LogP contribution in [0.25, 0.3) is 0 Å². The number of methoxy groups -OCH3 is 2.